The molecule has 0 fully saturated rings. The van der Waals surface area contributed by atoms with E-state index in [9.17, 15) is 18.0 Å². The topological polar surface area (TPSA) is 61.5 Å². The highest BCUT2D eigenvalue weighted by atomic mass is 35.5. The molecule has 1 atom stereocenters. The van der Waals surface area contributed by atoms with Gasteiger partial charge in [0.2, 0.25) is 0 Å². The van der Waals surface area contributed by atoms with Crippen LogP contribution in [0.1, 0.15) is 18.5 Å². The zero-order valence-electron chi connectivity index (χ0n) is 10.9. The molecule has 0 aliphatic carbocycles. The molecule has 0 unspecified atom stereocenters. The van der Waals surface area contributed by atoms with Crippen molar-refractivity contribution in [1.82, 2.24) is 0 Å². The first kappa shape index (κ1) is 18.5. The molecule has 1 aromatic rings. The van der Waals surface area contributed by atoms with Crippen LogP contribution in [-0.4, -0.2) is 25.6 Å². The van der Waals surface area contributed by atoms with Gasteiger partial charge >= 0.3 is 11.9 Å². The molecule has 0 saturated carbocycles. The molecule has 0 radical (unpaired) electrons. The lowest BCUT2D eigenvalue weighted by atomic mass is 10.0. The van der Waals surface area contributed by atoms with Gasteiger partial charge in [0.15, 0.2) is 11.6 Å². The number of esters is 1. The minimum Gasteiger partial charge on any atom is -0.494 e. The fourth-order valence-electron chi connectivity index (χ4n) is 1.48. The predicted octanol–water partition coefficient (Wildman–Crippen LogP) is 2.45. The van der Waals surface area contributed by atoms with Gasteiger partial charge in [-0.1, -0.05) is 12.1 Å². The van der Waals surface area contributed by atoms with Crippen LogP contribution in [0.5, 0.6) is 5.75 Å². The number of carbonyl (C=O) groups is 1. The molecule has 0 aliphatic rings. The van der Waals surface area contributed by atoms with E-state index in [1.807, 2.05) is 0 Å². The summed E-state index contributed by atoms with van der Waals surface area (Å²) < 4.78 is 50.1. The van der Waals surface area contributed by atoms with E-state index in [1.54, 1.807) is 0 Å². The zero-order valence-corrected chi connectivity index (χ0v) is 11.7. The number of nitrogens with two attached hydrogens (primary N) is 1. The Bertz CT molecular complexity index is 471. The summed E-state index contributed by atoms with van der Waals surface area (Å²) in [7, 11) is 1.19. The van der Waals surface area contributed by atoms with E-state index < -0.39 is 29.3 Å². The quantitative estimate of drug-likeness (QED) is 0.848. The molecule has 0 heterocycles. The molecular weight excluding hydrogens is 299 g/mol. The Hall–Kier alpha value is -1.47. The van der Waals surface area contributed by atoms with Crippen molar-refractivity contribution in [2.75, 3.05) is 13.7 Å². The van der Waals surface area contributed by atoms with Gasteiger partial charge in [-0.2, -0.15) is 8.78 Å². The van der Waals surface area contributed by atoms with Gasteiger partial charge in [-0.05, 0) is 13.0 Å². The summed E-state index contributed by atoms with van der Waals surface area (Å²) in [6.45, 7) is 1.16. The summed E-state index contributed by atoms with van der Waals surface area (Å²) in [6.07, 6.45) is 0. The minimum absolute atomic E-state index is 0. The third-order valence-electron chi connectivity index (χ3n) is 2.49. The molecule has 0 bridgehead atoms. The Kier molecular flexibility index (Phi) is 6.81. The van der Waals surface area contributed by atoms with E-state index in [-0.39, 0.29) is 24.8 Å². The second-order valence-corrected chi connectivity index (χ2v) is 3.68. The number of hydrogen-bond donors (Lipinski definition) is 1. The van der Waals surface area contributed by atoms with Crippen LogP contribution in [0.2, 0.25) is 0 Å². The standard InChI is InChI=1S/C12H14F3NO3.ClH/c1-3-19-11(17)12(14,15)10(16)7-5-4-6-8(18-2)9(7)13;/h4-6,10H,3,16H2,1-2H3;1H/t10-;/m1./s1. The van der Waals surface area contributed by atoms with E-state index in [0.717, 1.165) is 6.07 Å². The first-order chi connectivity index (χ1) is 8.86. The summed E-state index contributed by atoms with van der Waals surface area (Å²) in [5.74, 6) is -7.07. The number of alkyl halides is 2. The summed E-state index contributed by atoms with van der Waals surface area (Å²) in [5.41, 5.74) is 4.77. The van der Waals surface area contributed by atoms with Crippen molar-refractivity contribution in [3.8, 4) is 5.75 Å². The molecule has 0 saturated heterocycles. The van der Waals surface area contributed by atoms with Crippen LogP contribution < -0.4 is 10.5 Å². The molecule has 1 aromatic carbocycles. The number of rotatable bonds is 5. The maximum atomic E-state index is 13.8. The zero-order chi connectivity index (χ0) is 14.6. The van der Waals surface area contributed by atoms with Crippen LogP contribution >= 0.6 is 12.4 Å². The van der Waals surface area contributed by atoms with E-state index in [4.69, 9.17) is 5.73 Å². The maximum absolute atomic E-state index is 13.8. The van der Waals surface area contributed by atoms with Gasteiger partial charge in [0, 0.05) is 5.56 Å². The van der Waals surface area contributed by atoms with E-state index in [2.05, 4.69) is 9.47 Å². The molecular formula is C12H15ClF3NO3. The van der Waals surface area contributed by atoms with Gasteiger partial charge in [-0.25, -0.2) is 9.18 Å². The van der Waals surface area contributed by atoms with Gasteiger partial charge < -0.3 is 15.2 Å². The number of hydrogen-bond acceptors (Lipinski definition) is 4. The van der Waals surface area contributed by atoms with Crippen molar-refractivity contribution < 1.29 is 27.4 Å². The average molecular weight is 314 g/mol. The van der Waals surface area contributed by atoms with Gasteiger partial charge in [-0.15, -0.1) is 12.4 Å². The number of benzene rings is 1. The highest BCUT2D eigenvalue weighted by Crippen LogP contribution is 2.34. The highest BCUT2D eigenvalue weighted by Gasteiger charge is 2.48. The predicted molar refractivity (Wildman–Crippen MR) is 68.7 cm³/mol. The summed E-state index contributed by atoms with van der Waals surface area (Å²) in [5, 5.41) is 0. The Morgan fingerprint density at radius 2 is 2.05 bits per heavy atom. The monoisotopic (exact) mass is 313 g/mol. The van der Waals surface area contributed by atoms with Gasteiger partial charge in [0.25, 0.3) is 0 Å². The normalized spacial score (nSPS) is 12.3. The molecule has 114 valence electrons. The van der Waals surface area contributed by atoms with E-state index >= 15 is 0 Å². The smallest absolute Gasteiger partial charge is 0.379 e. The van der Waals surface area contributed by atoms with Crippen molar-refractivity contribution in [3.05, 3.63) is 29.6 Å². The molecule has 1 rings (SSSR count). The summed E-state index contributed by atoms with van der Waals surface area (Å²) >= 11 is 0. The minimum atomic E-state index is -4.02. The van der Waals surface area contributed by atoms with Crippen LogP contribution in [0, 0.1) is 5.82 Å². The molecule has 0 aliphatic heterocycles. The van der Waals surface area contributed by atoms with Gasteiger partial charge in [-0.3, -0.25) is 0 Å². The van der Waals surface area contributed by atoms with Crippen LogP contribution in [0.3, 0.4) is 0 Å². The Balaban J connectivity index is 0.00000361. The Labute approximate surface area is 120 Å². The molecule has 20 heavy (non-hydrogen) atoms. The highest BCUT2D eigenvalue weighted by molar-refractivity contribution is 5.85. The van der Waals surface area contributed by atoms with Crippen LogP contribution in [-0.2, 0) is 9.53 Å². The lowest BCUT2D eigenvalue weighted by molar-refractivity contribution is -0.174. The van der Waals surface area contributed by atoms with Crippen LogP contribution in [0.25, 0.3) is 0 Å². The molecule has 4 nitrogen and oxygen atoms in total. The average Bonchev–Trinajstić information content (AvgIpc) is 2.38. The second-order valence-electron chi connectivity index (χ2n) is 3.68. The number of carbonyl (C=O) groups excluding carboxylic acids is 1. The van der Waals surface area contributed by atoms with Crippen molar-refractivity contribution in [2.45, 2.75) is 18.9 Å². The fourth-order valence-corrected chi connectivity index (χ4v) is 1.48. The van der Waals surface area contributed by atoms with Gasteiger partial charge in [0.1, 0.15) is 6.04 Å². The van der Waals surface area contributed by atoms with Crippen molar-refractivity contribution in [3.63, 3.8) is 0 Å². The molecule has 0 spiro atoms. The molecule has 8 heteroatoms. The van der Waals surface area contributed by atoms with Crippen molar-refractivity contribution in [2.24, 2.45) is 5.73 Å². The fraction of sp³-hybridized carbons (Fsp3) is 0.417. The lowest BCUT2D eigenvalue weighted by Gasteiger charge is -2.22. The molecule has 0 amide bonds. The lowest BCUT2D eigenvalue weighted by Crippen LogP contribution is -2.42. The van der Waals surface area contributed by atoms with Crippen LogP contribution in [0.4, 0.5) is 13.2 Å². The number of ether oxygens (including phenoxy) is 2. The third kappa shape index (κ3) is 3.55. The number of methoxy groups -OCH3 is 1. The maximum Gasteiger partial charge on any atom is 0.379 e. The van der Waals surface area contributed by atoms with E-state index in [1.165, 1.54) is 26.2 Å². The molecule has 0 aromatic heterocycles. The summed E-state index contributed by atoms with van der Waals surface area (Å²) in [6, 6.07) is 1.48. The third-order valence-corrected chi connectivity index (χ3v) is 2.49. The SMILES string of the molecule is CCOC(=O)C(F)(F)[C@H](N)c1cccc(OC)c1F.Cl. The van der Waals surface area contributed by atoms with Crippen molar-refractivity contribution in [1.29, 1.82) is 0 Å². The van der Waals surface area contributed by atoms with Crippen LogP contribution in [0.15, 0.2) is 18.2 Å². The Morgan fingerprint density at radius 1 is 1.45 bits per heavy atom. The van der Waals surface area contributed by atoms with Gasteiger partial charge in [0.05, 0.1) is 13.7 Å². The second kappa shape index (κ2) is 7.35. The summed E-state index contributed by atoms with van der Waals surface area (Å²) in [4.78, 5) is 11.1. The number of halogens is 4. The van der Waals surface area contributed by atoms with Crippen molar-refractivity contribution >= 4 is 18.4 Å². The first-order valence-corrected chi connectivity index (χ1v) is 5.49. The van der Waals surface area contributed by atoms with E-state index in [0.29, 0.717) is 0 Å². The molecule has 2 N–H and O–H groups in total. The first-order valence-electron chi connectivity index (χ1n) is 5.49. The Morgan fingerprint density at radius 3 is 2.55 bits per heavy atom. The largest absolute Gasteiger partial charge is 0.494 e.